The van der Waals surface area contributed by atoms with E-state index in [-0.39, 0.29) is 5.82 Å². The standard InChI is InChI=1S/C8H13N3O3/c1-3-7(12)4-10-5-8(11(13)14)9-6(10)2/h5,7,12H,3-4H2,1-2H3/t7-/m1/s1. The summed E-state index contributed by atoms with van der Waals surface area (Å²) < 4.78 is 1.59. The molecule has 6 nitrogen and oxygen atoms in total. The maximum Gasteiger partial charge on any atom is 0.381 e. The van der Waals surface area contributed by atoms with Crippen molar-refractivity contribution in [3.63, 3.8) is 0 Å². The van der Waals surface area contributed by atoms with Crippen molar-refractivity contribution in [2.45, 2.75) is 32.9 Å². The second kappa shape index (κ2) is 4.19. The van der Waals surface area contributed by atoms with Gasteiger partial charge in [0.15, 0.2) is 0 Å². The van der Waals surface area contributed by atoms with Gasteiger partial charge in [-0.3, -0.25) is 0 Å². The molecule has 0 saturated carbocycles. The summed E-state index contributed by atoms with van der Waals surface area (Å²) in [6.07, 6.45) is 1.47. The average Bonchev–Trinajstić information content (AvgIpc) is 2.48. The van der Waals surface area contributed by atoms with E-state index in [2.05, 4.69) is 4.98 Å². The van der Waals surface area contributed by atoms with Crippen LogP contribution in [-0.4, -0.2) is 25.7 Å². The first kappa shape index (κ1) is 10.6. The van der Waals surface area contributed by atoms with Gasteiger partial charge >= 0.3 is 5.82 Å². The van der Waals surface area contributed by atoms with Gasteiger partial charge < -0.3 is 19.8 Å². The Morgan fingerprint density at radius 1 is 1.79 bits per heavy atom. The summed E-state index contributed by atoms with van der Waals surface area (Å²) in [5.74, 6) is 0.370. The van der Waals surface area contributed by atoms with Crippen LogP contribution in [0.5, 0.6) is 0 Å². The molecule has 0 bridgehead atoms. The van der Waals surface area contributed by atoms with Crippen LogP contribution in [0.4, 0.5) is 5.82 Å². The normalized spacial score (nSPS) is 12.8. The van der Waals surface area contributed by atoms with Gasteiger partial charge in [-0.2, -0.15) is 0 Å². The fraction of sp³-hybridized carbons (Fsp3) is 0.625. The number of aliphatic hydroxyl groups is 1. The van der Waals surface area contributed by atoms with Crippen molar-refractivity contribution < 1.29 is 10.0 Å². The zero-order valence-electron chi connectivity index (χ0n) is 8.17. The lowest BCUT2D eigenvalue weighted by molar-refractivity contribution is -0.389. The number of rotatable bonds is 4. The highest BCUT2D eigenvalue weighted by Gasteiger charge is 2.16. The van der Waals surface area contributed by atoms with Gasteiger partial charge in [-0.25, -0.2) is 0 Å². The average molecular weight is 199 g/mol. The maximum atomic E-state index is 10.4. The fourth-order valence-corrected chi connectivity index (χ4v) is 1.12. The van der Waals surface area contributed by atoms with Gasteiger partial charge in [0.05, 0.1) is 12.6 Å². The van der Waals surface area contributed by atoms with Crippen molar-refractivity contribution in [3.8, 4) is 0 Å². The lowest BCUT2D eigenvalue weighted by atomic mass is 10.3. The number of imidazole rings is 1. The van der Waals surface area contributed by atoms with E-state index in [0.29, 0.717) is 18.8 Å². The van der Waals surface area contributed by atoms with Crippen LogP contribution in [0.15, 0.2) is 6.20 Å². The van der Waals surface area contributed by atoms with Gasteiger partial charge in [0.2, 0.25) is 5.82 Å². The predicted octanol–water partition coefficient (Wildman–Crippen LogP) is 0.871. The van der Waals surface area contributed by atoms with Crippen LogP contribution in [0.1, 0.15) is 19.2 Å². The van der Waals surface area contributed by atoms with E-state index in [1.807, 2.05) is 6.92 Å². The van der Waals surface area contributed by atoms with E-state index in [4.69, 9.17) is 0 Å². The minimum atomic E-state index is -0.540. The molecule has 1 atom stereocenters. The van der Waals surface area contributed by atoms with Crippen molar-refractivity contribution in [2.75, 3.05) is 0 Å². The predicted molar refractivity (Wildman–Crippen MR) is 49.9 cm³/mol. The Kier molecular flexibility index (Phi) is 3.19. The molecule has 0 amide bonds. The van der Waals surface area contributed by atoms with E-state index < -0.39 is 11.0 Å². The number of aryl methyl sites for hydroxylation is 1. The van der Waals surface area contributed by atoms with Gasteiger partial charge in [-0.1, -0.05) is 6.92 Å². The van der Waals surface area contributed by atoms with Crippen LogP contribution in [0.3, 0.4) is 0 Å². The molecule has 1 rings (SSSR count). The lowest BCUT2D eigenvalue weighted by Crippen LogP contribution is -2.14. The number of aliphatic hydroxyl groups excluding tert-OH is 1. The van der Waals surface area contributed by atoms with Crippen LogP contribution < -0.4 is 0 Å². The van der Waals surface area contributed by atoms with Crippen LogP contribution in [0.2, 0.25) is 0 Å². The second-order valence-corrected chi connectivity index (χ2v) is 3.12. The third-order valence-corrected chi connectivity index (χ3v) is 2.03. The summed E-state index contributed by atoms with van der Waals surface area (Å²) in [6, 6.07) is 0. The van der Waals surface area contributed by atoms with Gasteiger partial charge in [-0.15, -0.1) is 0 Å². The lowest BCUT2D eigenvalue weighted by Gasteiger charge is -2.07. The first-order chi connectivity index (χ1) is 6.54. The van der Waals surface area contributed by atoms with E-state index in [0.717, 1.165) is 0 Å². The maximum absolute atomic E-state index is 10.4. The molecule has 0 unspecified atom stereocenters. The molecule has 0 aliphatic rings. The summed E-state index contributed by atoms with van der Waals surface area (Å²) in [5, 5.41) is 19.8. The van der Waals surface area contributed by atoms with E-state index in [1.54, 1.807) is 11.5 Å². The van der Waals surface area contributed by atoms with Crippen molar-refractivity contribution in [3.05, 3.63) is 22.1 Å². The molecule has 1 aromatic heterocycles. The van der Waals surface area contributed by atoms with Gasteiger partial charge in [0.25, 0.3) is 0 Å². The van der Waals surface area contributed by atoms with Gasteiger partial charge in [-0.05, 0) is 16.3 Å². The van der Waals surface area contributed by atoms with Crippen molar-refractivity contribution in [1.82, 2.24) is 9.55 Å². The smallest absolute Gasteiger partial charge is 0.381 e. The molecule has 1 heterocycles. The Labute approximate surface area is 81.3 Å². The Morgan fingerprint density at radius 3 is 2.86 bits per heavy atom. The molecule has 1 N–H and O–H groups in total. The molecule has 0 radical (unpaired) electrons. The topological polar surface area (TPSA) is 81.2 Å². The Hall–Kier alpha value is -1.43. The van der Waals surface area contributed by atoms with Crippen molar-refractivity contribution >= 4 is 5.82 Å². The molecule has 6 heteroatoms. The third-order valence-electron chi connectivity index (χ3n) is 2.03. The van der Waals surface area contributed by atoms with Crippen molar-refractivity contribution in [2.24, 2.45) is 0 Å². The number of hydrogen-bond donors (Lipinski definition) is 1. The molecule has 78 valence electrons. The Balaban J connectivity index is 2.82. The Bertz CT molecular complexity index is 335. The highest BCUT2D eigenvalue weighted by molar-refractivity contribution is 5.16. The van der Waals surface area contributed by atoms with Crippen LogP contribution in [-0.2, 0) is 6.54 Å². The molecule has 0 saturated heterocycles. The van der Waals surface area contributed by atoms with E-state index >= 15 is 0 Å². The number of nitro groups is 1. The van der Waals surface area contributed by atoms with Crippen molar-refractivity contribution in [1.29, 1.82) is 0 Å². The quantitative estimate of drug-likeness (QED) is 0.576. The van der Waals surface area contributed by atoms with Crippen LogP contribution in [0.25, 0.3) is 0 Å². The molecule has 0 aliphatic carbocycles. The molecule has 0 aromatic carbocycles. The summed E-state index contributed by atoms with van der Waals surface area (Å²) >= 11 is 0. The zero-order chi connectivity index (χ0) is 10.7. The molecule has 0 aliphatic heterocycles. The minimum absolute atomic E-state index is 0.175. The second-order valence-electron chi connectivity index (χ2n) is 3.12. The van der Waals surface area contributed by atoms with E-state index in [1.165, 1.54) is 6.20 Å². The molecular formula is C8H13N3O3. The van der Waals surface area contributed by atoms with Gasteiger partial charge in [0.1, 0.15) is 6.20 Å². The first-order valence-corrected chi connectivity index (χ1v) is 4.40. The summed E-state index contributed by atoms with van der Waals surface area (Å²) in [6.45, 7) is 3.88. The minimum Gasteiger partial charge on any atom is -0.391 e. The molecule has 1 aromatic rings. The van der Waals surface area contributed by atoms with Crippen LogP contribution in [0, 0.1) is 17.0 Å². The zero-order valence-corrected chi connectivity index (χ0v) is 8.17. The summed E-state index contributed by atoms with van der Waals surface area (Å²) in [4.78, 5) is 13.6. The molecule has 0 fully saturated rings. The van der Waals surface area contributed by atoms with E-state index in [9.17, 15) is 15.2 Å². The first-order valence-electron chi connectivity index (χ1n) is 4.40. The third kappa shape index (κ3) is 2.29. The highest BCUT2D eigenvalue weighted by Crippen LogP contribution is 2.11. The number of hydrogen-bond acceptors (Lipinski definition) is 4. The number of aromatic nitrogens is 2. The molecule has 14 heavy (non-hydrogen) atoms. The number of nitrogens with zero attached hydrogens (tertiary/aromatic N) is 3. The Morgan fingerprint density at radius 2 is 2.43 bits per heavy atom. The monoisotopic (exact) mass is 199 g/mol. The molecular weight excluding hydrogens is 186 g/mol. The SMILES string of the molecule is CC[C@@H](O)Cn1cc([N+](=O)[O-])nc1C. The van der Waals surface area contributed by atoms with Gasteiger partial charge in [0, 0.05) is 6.92 Å². The highest BCUT2D eigenvalue weighted by atomic mass is 16.6. The van der Waals surface area contributed by atoms with Crippen LogP contribution >= 0.6 is 0 Å². The summed E-state index contributed by atoms with van der Waals surface area (Å²) in [5.41, 5.74) is 0. The largest absolute Gasteiger partial charge is 0.391 e. The summed E-state index contributed by atoms with van der Waals surface area (Å²) in [7, 11) is 0. The molecule has 0 spiro atoms. The fourth-order valence-electron chi connectivity index (χ4n) is 1.12.